The van der Waals surface area contributed by atoms with Gasteiger partial charge in [0.05, 0.1) is 0 Å². The van der Waals surface area contributed by atoms with Crippen LogP contribution in [-0.2, 0) is 6.61 Å². The van der Waals surface area contributed by atoms with Gasteiger partial charge in [0.1, 0.15) is 18.2 Å². The quantitative estimate of drug-likeness (QED) is 0.889. The fourth-order valence-electron chi connectivity index (χ4n) is 1.99. The van der Waals surface area contributed by atoms with Crippen molar-refractivity contribution < 1.29 is 9.13 Å². The van der Waals surface area contributed by atoms with Crippen molar-refractivity contribution >= 4 is 0 Å². The van der Waals surface area contributed by atoms with Crippen LogP contribution in [0, 0.1) is 12.7 Å². The van der Waals surface area contributed by atoms with Crippen LogP contribution in [-0.4, -0.2) is 7.05 Å². The molecule has 3 heteroatoms. The maximum atomic E-state index is 13.4. The highest BCUT2D eigenvalue weighted by Crippen LogP contribution is 2.26. The Kier molecular flexibility index (Phi) is 4.74. The van der Waals surface area contributed by atoms with Crippen LogP contribution < -0.4 is 10.1 Å². The predicted octanol–water partition coefficient (Wildman–Crippen LogP) is 3.99. The molecule has 0 aliphatic carbocycles. The van der Waals surface area contributed by atoms with E-state index in [9.17, 15) is 4.39 Å². The van der Waals surface area contributed by atoms with E-state index in [1.165, 1.54) is 17.7 Å². The van der Waals surface area contributed by atoms with Gasteiger partial charge in [0.2, 0.25) is 0 Å². The Morgan fingerprint density at radius 2 is 1.85 bits per heavy atom. The number of ether oxygens (including phenoxy) is 1. The van der Waals surface area contributed by atoms with Gasteiger partial charge in [0.15, 0.2) is 0 Å². The second-order valence-corrected chi connectivity index (χ2v) is 4.97. The number of halogens is 1. The summed E-state index contributed by atoms with van der Waals surface area (Å²) >= 11 is 0. The molecular formula is C17H20FNO. The Balaban J connectivity index is 2.14. The van der Waals surface area contributed by atoms with Crippen molar-refractivity contribution in [2.24, 2.45) is 0 Å². The highest BCUT2D eigenvalue weighted by molar-refractivity contribution is 5.36. The zero-order valence-electron chi connectivity index (χ0n) is 12.1. The Labute approximate surface area is 119 Å². The smallest absolute Gasteiger partial charge is 0.124 e. The van der Waals surface area contributed by atoms with E-state index in [4.69, 9.17) is 4.74 Å². The van der Waals surface area contributed by atoms with Crippen LogP contribution in [0.3, 0.4) is 0 Å². The normalized spacial score (nSPS) is 12.2. The van der Waals surface area contributed by atoms with Gasteiger partial charge in [-0.15, -0.1) is 0 Å². The number of hydrogen-bond acceptors (Lipinski definition) is 2. The largest absolute Gasteiger partial charge is 0.489 e. The van der Waals surface area contributed by atoms with Crippen LogP contribution in [0.2, 0.25) is 0 Å². The van der Waals surface area contributed by atoms with Crippen molar-refractivity contribution in [2.45, 2.75) is 26.5 Å². The van der Waals surface area contributed by atoms with E-state index in [-0.39, 0.29) is 11.9 Å². The van der Waals surface area contributed by atoms with Crippen molar-refractivity contribution in [1.29, 1.82) is 0 Å². The summed E-state index contributed by atoms with van der Waals surface area (Å²) < 4.78 is 19.2. The SMILES string of the molecule is CNC(C)c1cc(F)ccc1OCc1ccc(C)cc1. The molecule has 1 atom stereocenters. The van der Waals surface area contributed by atoms with Crippen molar-refractivity contribution in [3.63, 3.8) is 0 Å². The summed E-state index contributed by atoms with van der Waals surface area (Å²) in [5, 5.41) is 3.11. The third-order valence-electron chi connectivity index (χ3n) is 3.39. The van der Waals surface area contributed by atoms with Gasteiger partial charge in [0.25, 0.3) is 0 Å². The van der Waals surface area contributed by atoms with E-state index in [2.05, 4.69) is 24.4 Å². The minimum absolute atomic E-state index is 0.0405. The molecule has 0 bridgehead atoms. The van der Waals surface area contributed by atoms with Crippen molar-refractivity contribution in [2.75, 3.05) is 7.05 Å². The maximum Gasteiger partial charge on any atom is 0.124 e. The lowest BCUT2D eigenvalue weighted by molar-refractivity contribution is 0.299. The lowest BCUT2D eigenvalue weighted by atomic mass is 10.1. The first-order valence-corrected chi connectivity index (χ1v) is 6.75. The summed E-state index contributed by atoms with van der Waals surface area (Å²) in [4.78, 5) is 0. The van der Waals surface area contributed by atoms with E-state index in [1.807, 2.05) is 26.1 Å². The van der Waals surface area contributed by atoms with Gasteiger partial charge in [-0.25, -0.2) is 4.39 Å². The highest BCUT2D eigenvalue weighted by Gasteiger charge is 2.11. The summed E-state index contributed by atoms with van der Waals surface area (Å²) in [5.74, 6) is 0.471. The molecule has 0 heterocycles. The van der Waals surface area contributed by atoms with Gasteiger partial charge in [-0.2, -0.15) is 0 Å². The van der Waals surface area contributed by atoms with Gasteiger partial charge < -0.3 is 10.1 Å². The first kappa shape index (κ1) is 14.5. The first-order chi connectivity index (χ1) is 9.60. The number of rotatable bonds is 5. The van der Waals surface area contributed by atoms with Gasteiger partial charge in [-0.3, -0.25) is 0 Å². The lowest BCUT2D eigenvalue weighted by Gasteiger charge is -2.16. The Bertz CT molecular complexity index is 566. The minimum Gasteiger partial charge on any atom is -0.489 e. The Morgan fingerprint density at radius 3 is 2.50 bits per heavy atom. The van der Waals surface area contributed by atoms with Crippen molar-refractivity contribution in [3.8, 4) is 5.75 Å². The van der Waals surface area contributed by atoms with Crippen molar-refractivity contribution in [3.05, 3.63) is 65.0 Å². The third-order valence-corrected chi connectivity index (χ3v) is 3.39. The molecule has 1 unspecified atom stereocenters. The number of hydrogen-bond donors (Lipinski definition) is 1. The van der Waals surface area contributed by atoms with Crippen LogP contribution in [0.4, 0.5) is 4.39 Å². The average Bonchev–Trinajstić information content (AvgIpc) is 2.46. The lowest BCUT2D eigenvalue weighted by Crippen LogP contribution is -2.14. The van der Waals surface area contributed by atoms with E-state index in [1.54, 1.807) is 6.07 Å². The van der Waals surface area contributed by atoms with Crippen LogP contribution in [0.5, 0.6) is 5.75 Å². The van der Waals surface area contributed by atoms with Gasteiger partial charge in [-0.05, 0) is 44.7 Å². The Morgan fingerprint density at radius 1 is 1.15 bits per heavy atom. The summed E-state index contributed by atoms with van der Waals surface area (Å²) in [6, 6.07) is 12.9. The van der Waals surface area contributed by atoms with Gasteiger partial charge in [0, 0.05) is 11.6 Å². The molecule has 0 saturated carbocycles. The topological polar surface area (TPSA) is 21.3 Å². The third kappa shape index (κ3) is 3.58. The zero-order chi connectivity index (χ0) is 14.5. The second-order valence-electron chi connectivity index (χ2n) is 4.97. The fourth-order valence-corrected chi connectivity index (χ4v) is 1.99. The van der Waals surface area contributed by atoms with Gasteiger partial charge in [-0.1, -0.05) is 29.8 Å². The Hall–Kier alpha value is -1.87. The van der Waals surface area contributed by atoms with Crippen molar-refractivity contribution in [1.82, 2.24) is 5.32 Å². The molecule has 0 aromatic heterocycles. The molecule has 2 aromatic rings. The van der Waals surface area contributed by atoms with Gasteiger partial charge >= 0.3 is 0 Å². The minimum atomic E-state index is -0.246. The summed E-state index contributed by atoms with van der Waals surface area (Å²) in [7, 11) is 1.85. The molecule has 0 aliphatic rings. The maximum absolute atomic E-state index is 13.4. The molecule has 20 heavy (non-hydrogen) atoms. The summed E-state index contributed by atoms with van der Waals surface area (Å²) in [5.41, 5.74) is 3.16. The molecule has 0 amide bonds. The van der Waals surface area contributed by atoms with Crippen LogP contribution in [0.25, 0.3) is 0 Å². The number of aryl methyl sites for hydroxylation is 1. The molecule has 2 aromatic carbocycles. The summed E-state index contributed by atoms with van der Waals surface area (Å²) in [6.07, 6.45) is 0. The van der Waals surface area contributed by atoms with Crippen LogP contribution >= 0.6 is 0 Å². The zero-order valence-corrected chi connectivity index (χ0v) is 12.1. The molecule has 0 radical (unpaired) electrons. The van der Waals surface area contributed by atoms with E-state index in [0.717, 1.165) is 11.1 Å². The molecule has 1 N–H and O–H groups in total. The molecule has 2 nitrogen and oxygen atoms in total. The summed E-state index contributed by atoms with van der Waals surface area (Å²) in [6.45, 7) is 4.51. The molecular weight excluding hydrogens is 253 g/mol. The van der Waals surface area contributed by atoms with E-state index in [0.29, 0.717) is 12.4 Å². The second kappa shape index (κ2) is 6.53. The average molecular weight is 273 g/mol. The number of nitrogens with one attached hydrogen (secondary N) is 1. The standard InChI is InChI=1S/C17H20FNO/c1-12-4-6-14(7-5-12)11-20-17-9-8-15(18)10-16(17)13(2)19-3/h4-10,13,19H,11H2,1-3H3. The molecule has 0 saturated heterocycles. The van der Waals surface area contributed by atoms with E-state index < -0.39 is 0 Å². The van der Waals surface area contributed by atoms with Crippen LogP contribution in [0.1, 0.15) is 29.7 Å². The first-order valence-electron chi connectivity index (χ1n) is 6.75. The van der Waals surface area contributed by atoms with E-state index >= 15 is 0 Å². The monoisotopic (exact) mass is 273 g/mol. The predicted molar refractivity (Wildman–Crippen MR) is 79.4 cm³/mol. The molecule has 2 rings (SSSR count). The molecule has 0 spiro atoms. The highest BCUT2D eigenvalue weighted by atomic mass is 19.1. The fraction of sp³-hybridized carbons (Fsp3) is 0.294. The molecule has 0 fully saturated rings. The molecule has 0 aliphatic heterocycles. The number of benzene rings is 2. The van der Waals surface area contributed by atoms with Crippen LogP contribution in [0.15, 0.2) is 42.5 Å². The molecule has 106 valence electrons.